The van der Waals surface area contributed by atoms with Crippen LogP contribution in [0.15, 0.2) is 30.3 Å². The Morgan fingerprint density at radius 1 is 1.03 bits per heavy atom. The summed E-state index contributed by atoms with van der Waals surface area (Å²) in [5.41, 5.74) is 1.02. The lowest BCUT2D eigenvalue weighted by molar-refractivity contribution is 0.0680. The van der Waals surface area contributed by atoms with E-state index in [1.807, 2.05) is 0 Å². The van der Waals surface area contributed by atoms with Gasteiger partial charge in [0.15, 0.2) is 27.1 Å². The van der Waals surface area contributed by atoms with Crippen molar-refractivity contribution in [3.63, 3.8) is 0 Å². The first kappa shape index (κ1) is 23.5. The van der Waals surface area contributed by atoms with E-state index in [0.29, 0.717) is 17.9 Å². The number of carbonyl (C=O) groups excluding carboxylic acids is 1. The van der Waals surface area contributed by atoms with E-state index in [9.17, 15) is 13.2 Å². The molecule has 168 valence electrons. The highest BCUT2D eigenvalue weighted by Gasteiger charge is 2.35. The molecule has 0 spiro atoms. The first-order valence-corrected chi connectivity index (χ1v) is 12.0. The number of benzene rings is 2. The Labute approximate surface area is 191 Å². The van der Waals surface area contributed by atoms with Crippen molar-refractivity contribution in [2.45, 2.75) is 19.0 Å². The van der Waals surface area contributed by atoms with Crippen LogP contribution in [-0.2, 0) is 16.4 Å². The van der Waals surface area contributed by atoms with Gasteiger partial charge in [0.05, 0.1) is 42.9 Å². The zero-order valence-electron chi connectivity index (χ0n) is 17.4. The van der Waals surface area contributed by atoms with Crippen molar-refractivity contribution < 1.29 is 27.4 Å². The fourth-order valence-electron chi connectivity index (χ4n) is 3.61. The van der Waals surface area contributed by atoms with E-state index in [0.717, 1.165) is 5.56 Å². The smallest absolute Gasteiger partial charge is 0.254 e. The molecule has 0 N–H and O–H groups in total. The average Bonchev–Trinajstić information content (AvgIpc) is 3.10. The molecule has 7 nitrogen and oxygen atoms in total. The first-order chi connectivity index (χ1) is 14.7. The Morgan fingerprint density at radius 3 is 2.19 bits per heavy atom. The van der Waals surface area contributed by atoms with Gasteiger partial charge in [-0.05, 0) is 36.2 Å². The van der Waals surface area contributed by atoms with Gasteiger partial charge in [-0.25, -0.2) is 8.42 Å². The van der Waals surface area contributed by atoms with Gasteiger partial charge in [0.1, 0.15) is 0 Å². The molecule has 1 heterocycles. The number of amides is 1. The largest absolute Gasteiger partial charge is 0.494 e. The standard InChI is InChI=1S/C21H23Cl2NO6S/c1-28-18-5-4-13(8-19(18)29-2)11-24(15-6-7-31(26,27)12-15)21(25)14-9-16(22)20(30-3)17(23)10-14/h4-5,8-10,15H,6-7,11-12H2,1-3H3/t15-/m0/s1. The maximum Gasteiger partial charge on any atom is 0.254 e. The van der Waals surface area contributed by atoms with E-state index >= 15 is 0 Å². The van der Waals surface area contributed by atoms with Crippen LogP contribution in [0.5, 0.6) is 17.2 Å². The lowest BCUT2D eigenvalue weighted by Crippen LogP contribution is -2.40. The van der Waals surface area contributed by atoms with Crippen LogP contribution >= 0.6 is 23.2 Å². The number of nitrogens with zero attached hydrogens (tertiary/aromatic N) is 1. The predicted octanol–water partition coefficient (Wildman–Crippen LogP) is 3.85. The van der Waals surface area contributed by atoms with E-state index < -0.39 is 15.9 Å². The van der Waals surface area contributed by atoms with E-state index in [1.165, 1.54) is 33.5 Å². The number of rotatable bonds is 7. The molecule has 0 aromatic heterocycles. The maximum absolute atomic E-state index is 13.4. The zero-order chi connectivity index (χ0) is 22.8. The van der Waals surface area contributed by atoms with Gasteiger partial charge >= 0.3 is 0 Å². The summed E-state index contributed by atoms with van der Waals surface area (Å²) in [7, 11) is 1.28. The molecule has 1 fully saturated rings. The summed E-state index contributed by atoms with van der Waals surface area (Å²) in [6, 6.07) is 7.78. The highest BCUT2D eigenvalue weighted by Crippen LogP contribution is 2.35. The minimum absolute atomic E-state index is 0.0392. The van der Waals surface area contributed by atoms with Crippen molar-refractivity contribution in [3.8, 4) is 17.2 Å². The van der Waals surface area contributed by atoms with E-state index in [-0.39, 0.29) is 45.3 Å². The molecule has 1 saturated heterocycles. The van der Waals surface area contributed by atoms with Crippen molar-refractivity contribution in [2.24, 2.45) is 0 Å². The second-order valence-corrected chi connectivity index (χ2v) is 10.2. The molecule has 10 heteroatoms. The minimum Gasteiger partial charge on any atom is -0.494 e. The van der Waals surface area contributed by atoms with Crippen molar-refractivity contribution in [1.82, 2.24) is 4.90 Å². The molecule has 0 bridgehead atoms. The van der Waals surface area contributed by atoms with Crippen molar-refractivity contribution in [1.29, 1.82) is 0 Å². The third kappa shape index (κ3) is 5.19. The van der Waals surface area contributed by atoms with Crippen LogP contribution < -0.4 is 14.2 Å². The topological polar surface area (TPSA) is 82.1 Å². The molecule has 31 heavy (non-hydrogen) atoms. The van der Waals surface area contributed by atoms with E-state index in [1.54, 1.807) is 23.1 Å². The fourth-order valence-corrected chi connectivity index (χ4v) is 5.98. The molecular formula is C21H23Cl2NO6S. The highest BCUT2D eigenvalue weighted by molar-refractivity contribution is 7.91. The lowest BCUT2D eigenvalue weighted by atomic mass is 10.1. The minimum atomic E-state index is -3.21. The van der Waals surface area contributed by atoms with E-state index in [4.69, 9.17) is 37.4 Å². The molecule has 2 aromatic rings. The second kappa shape index (κ2) is 9.54. The van der Waals surface area contributed by atoms with Gasteiger partial charge < -0.3 is 19.1 Å². The van der Waals surface area contributed by atoms with Gasteiger partial charge in [0.2, 0.25) is 0 Å². The Bertz CT molecular complexity index is 1070. The van der Waals surface area contributed by atoms with Crippen molar-refractivity contribution >= 4 is 38.9 Å². The summed E-state index contributed by atoms with van der Waals surface area (Å²) in [5.74, 6) is 0.919. The molecular weight excluding hydrogens is 465 g/mol. The summed E-state index contributed by atoms with van der Waals surface area (Å²) in [6.07, 6.45) is 0.360. The molecule has 0 unspecified atom stereocenters. The maximum atomic E-state index is 13.4. The third-order valence-corrected chi connectivity index (χ3v) is 7.47. The zero-order valence-corrected chi connectivity index (χ0v) is 19.7. The van der Waals surface area contributed by atoms with Crippen LogP contribution in [0.4, 0.5) is 0 Å². The molecule has 0 saturated carbocycles. The third-order valence-electron chi connectivity index (χ3n) is 5.16. The Morgan fingerprint density at radius 2 is 1.68 bits per heavy atom. The van der Waals surface area contributed by atoms with Crippen LogP contribution in [0.2, 0.25) is 10.0 Å². The summed E-state index contributed by atoms with van der Waals surface area (Å²) < 4.78 is 40.0. The van der Waals surface area contributed by atoms with Crippen LogP contribution in [-0.4, -0.2) is 58.1 Å². The van der Waals surface area contributed by atoms with Gasteiger partial charge in [-0.15, -0.1) is 0 Å². The summed E-state index contributed by atoms with van der Waals surface area (Å²) >= 11 is 12.4. The number of ether oxygens (including phenoxy) is 3. The molecule has 0 aliphatic carbocycles. The quantitative estimate of drug-likeness (QED) is 0.589. The number of sulfone groups is 1. The number of hydrogen-bond acceptors (Lipinski definition) is 6. The van der Waals surface area contributed by atoms with Crippen LogP contribution in [0.25, 0.3) is 0 Å². The summed E-state index contributed by atoms with van der Waals surface area (Å²) in [4.78, 5) is 15.0. The van der Waals surface area contributed by atoms with Gasteiger partial charge in [-0.2, -0.15) is 0 Å². The lowest BCUT2D eigenvalue weighted by Gasteiger charge is -2.29. The fraction of sp³-hybridized carbons (Fsp3) is 0.381. The molecule has 2 aromatic carbocycles. The number of halogens is 2. The Balaban J connectivity index is 1.98. The average molecular weight is 488 g/mol. The predicted molar refractivity (Wildman–Crippen MR) is 119 cm³/mol. The molecule has 0 radical (unpaired) electrons. The van der Waals surface area contributed by atoms with E-state index in [2.05, 4.69) is 0 Å². The Hall–Kier alpha value is -2.16. The summed E-state index contributed by atoms with van der Waals surface area (Å²) in [6.45, 7) is 0.181. The Kier molecular flexibility index (Phi) is 7.24. The number of hydrogen-bond donors (Lipinski definition) is 0. The molecule has 3 rings (SSSR count). The first-order valence-electron chi connectivity index (χ1n) is 9.44. The second-order valence-electron chi connectivity index (χ2n) is 7.15. The van der Waals surface area contributed by atoms with Crippen LogP contribution in [0.3, 0.4) is 0 Å². The van der Waals surface area contributed by atoms with Crippen LogP contribution in [0.1, 0.15) is 22.3 Å². The monoisotopic (exact) mass is 487 g/mol. The molecule has 1 atom stereocenters. The SMILES string of the molecule is COc1ccc(CN(C(=O)c2cc(Cl)c(OC)c(Cl)c2)[C@H]2CCS(=O)(=O)C2)cc1OC. The highest BCUT2D eigenvalue weighted by atomic mass is 35.5. The van der Waals surface area contributed by atoms with Gasteiger partial charge in [-0.3, -0.25) is 4.79 Å². The summed E-state index contributed by atoms with van der Waals surface area (Å²) in [5, 5.41) is 0.395. The molecule has 1 aliphatic heterocycles. The van der Waals surface area contributed by atoms with Gasteiger partial charge in [0.25, 0.3) is 5.91 Å². The normalized spacial score (nSPS) is 17.3. The van der Waals surface area contributed by atoms with Crippen molar-refractivity contribution in [2.75, 3.05) is 32.8 Å². The van der Waals surface area contributed by atoms with Gasteiger partial charge in [0, 0.05) is 18.2 Å². The van der Waals surface area contributed by atoms with Crippen LogP contribution in [0, 0.1) is 0 Å². The molecule has 1 amide bonds. The number of carbonyl (C=O) groups is 1. The molecule has 1 aliphatic rings. The number of methoxy groups -OCH3 is 3. The van der Waals surface area contributed by atoms with Crippen molar-refractivity contribution in [3.05, 3.63) is 51.5 Å². The van der Waals surface area contributed by atoms with Gasteiger partial charge in [-0.1, -0.05) is 29.3 Å².